The van der Waals surface area contributed by atoms with Crippen LogP contribution >= 0.6 is 0 Å². The molecule has 1 saturated carbocycles. The van der Waals surface area contributed by atoms with Crippen molar-refractivity contribution >= 4 is 5.91 Å². The van der Waals surface area contributed by atoms with Crippen molar-refractivity contribution in [3.63, 3.8) is 0 Å². The second kappa shape index (κ2) is 7.16. The zero-order chi connectivity index (χ0) is 14.4. The topological polar surface area (TPSA) is 50.4 Å². The molecule has 1 unspecified atom stereocenters. The molecule has 0 saturated heterocycles. The Hall–Kier alpha value is -1.73. The Morgan fingerprint density at radius 1 is 1.50 bits per heavy atom. The molecule has 0 aromatic carbocycles. The second-order valence-corrected chi connectivity index (χ2v) is 5.11. The van der Waals surface area contributed by atoms with Crippen molar-refractivity contribution in [2.24, 2.45) is 5.92 Å². The monoisotopic (exact) mass is 274 g/mol. The maximum atomic E-state index is 12.1. The normalized spacial score (nSPS) is 21.6. The van der Waals surface area contributed by atoms with Crippen molar-refractivity contribution in [3.8, 4) is 11.8 Å². The van der Waals surface area contributed by atoms with Gasteiger partial charge < -0.3 is 15.4 Å². The van der Waals surface area contributed by atoms with Gasteiger partial charge in [0.05, 0.1) is 5.70 Å². The zero-order valence-electron chi connectivity index (χ0n) is 12.2. The van der Waals surface area contributed by atoms with E-state index in [9.17, 15) is 4.79 Å². The number of allylic oxidation sites excluding steroid dienone is 4. The first kappa shape index (κ1) is 14.7. The third-order valence-corrected chi connectivity index (χ3v) is 3.30. The lowest BCUT2D eigenvalue weighted by molar-refractivity contribution is -0.123. The number of carbonyl (C=O) groups is 1. The molecule has 2 aliphatic rings. The lowest BCUT2D eigenvalue weighted by Crippen LogP contribution is -2.31. The van der Waals surface area contributed by atoms with E-state index < -0.39 is 0 Å². The molecule has 2 N–H and O–H groups in total. The van der Waals surface area contributed by atoms with Crippen LogP contribution in [0.2, 0.25) is 0 Å². The fourth-order valence-corrected chi connectivity index (χ4v) is 1.89. The van der Waals surface area contributed by atoms with Gasteiger partial charge in [0.1, 0.15) is 12.6 Å². The van der Waals surface area contributed by atoms with Gasteiger partial charge in [0.2, 0.25) is 5.91 Å². The number of rotatable bonds is 6. The summed E-state index contributed by atoms with van der Waals surface area (Å²) in [6, 6.07) is 0.381. The van der Waals surface area contributed by atoms with Gasteiger partial charge in [-0.05, 0) is 44.6 Å². The molecule has 1 amide bonds. The van der Waals surface area contributed by atoms with E-state index >= 15 is 0 Å². The summed E-state index contributed by atoms with van der Waals surface area (Å²) in [4.78, 5) is 12.1. The van der Waals surface area contributed by atoms with E-state index in [1.165, 1.54) is 0 Å². The third-order valence-electron chi connectivity index (χ3n) is 3.30. The van der Waals surface area contributed by atoms with Crippen LogP contribution in [-0.4, -0.2) is 25.3 Å². The Balaban J connectivity index is 2.01. The van der Waals surface area contributed by atoms with Crippen molar-refractivity contribution in [3.05, 3.63) is 23.4 Å². The Bertz CT molecular complexity index is 478. The fraction of sp³-hybridized carbons (Fsp3) is 0.562. The molecule has 4 nitrogen and oxygen atoms in total. The van der Waals surface area contributed by atoms with Gasteiger partial charge in [0.15, 0.2) is 0 Å². The van der Waals surface area contributed by atoms with Crippen molar-refractivity contribution in [2.75, 3.05) is 13.3 Å². The fourth-order valence-electron chi connectivity index (χ4n) is 1.89. The van der Waals surface area contributed by atoms with E-state index in [1.807, 2.05) is 26.0 Å². The molecule has 0 aromatic heterocycles. The molecule has 4 heteroatoms. The standard InChI is InChI=1S/C16H22N2O2/c1-3-20-11-17-15-10-7-13(6-4-5-12(15)2)16(19)18-14-8-9-14/h4-5,13-14,17H,3,6,8-9,11H2,1-2H3,(H,18,19). The minimum absolute atomic E-state index is 0.0494. The molecule has 0 aliphatic heterocycles. The van der Waals surface area contributed by atoms with Crippen LogP contribution in [0, 0.1) is 17.8 Å². The van der Waals surface area contributed by atoms with Gasteiger partial charge in [-0.25, -0.2) is 0 Å². The van der Waals surface area contributed by atoms with E-state index in [-0.39, 0.29) is 11.8 Å². The molecule has 0 aromatic rings. The smallest absolute Gasteiger partial charge is 0.235 e. The van der Waals surface area contributed by atoms with Crippen LogP contribution in [0.25, 0.3) is 0 Å². The number of amides is 1. The van der Waals surface area contributed by atoms with E-state index in [2.05, 4.69) is 22.5 Å². The summed E-state index contributed by atoms with van der Waals surface area (Å²) in [5.74, 6) is 5.94. The van der Waals surface area contributed by atoms with Crippen LogP contribution in [-0.2, 0) is 9.53 Å². The number of hydrogen-bond donors (Lipinski definition) is 2. The first-order chi connectivity index (χ1) is 9.70. The van der Waals surface area contributed by atoms with Gasteiger partial charge in [-0.15, -0.1) is 0 Å². The molecule has 0 radical (unpaired) electrons. The van der Waals surface area contributed by atoms with E-state index in [0.717, 1.165) is 24.1 Å². The van der Waals surface area contributed by atoms with Crippen molar-refractivity contribution in [1.29, 1.82) is 0 Å². The average Bonchev–Trinajstić information content (AvgIpc) is 3.21. The van der Waals surface area contributed by atoms with E-state index in [1.54, 1.807) is 0 Å². The third kappa shape index (κ3) is 4.43. The molecule has 2 rings (SSSR count). The lowest BCUT2D eigenvalue weighted by Gasteiger charge is -2.12. The predicted octanol–water partition coefficient (Wildman–Crippen LogP) is 1.70. The van der Waals surface area contributed by atoms with Gasteiger partial charge in [-0.1, -0.05) is 18.1 Å². The molecular weight excluding hydrogens is 252 g/mol. The first-order valence-corrected chi connectivity index (χ1v) is 7.21. The highest BCUT2D eigenvalue weighted by Gasteiger charge is 2.26. The molecule has 2 aliphatic carbocycles. The highest BCUT2D eigenvalue weighted by Crippen LogP contribution is 2.20. The Labute approximate surface area is 120 Å². The van der Waals surface area contributed by atoms with Crippen LogP contribution in [0.1, 0.15) is 33.1 Å². The average molecular weight is 274 g/mol. The molecule has 0 bridgehead atoms. The molecule has 0 heterocycles. The Kier molecular flexibility index (Phi) is 5.25. The van der Waals surface area contributed by atoms with Gasteiger partial charge in [0, 0.05) is 12.6 Å². The second-order valence-electron chi connectivity index (χ2n) is 5.11. The van der Waals surface area contributed by atoms with Crippen LogP contribution in [0.5, 0.6) is 0 Å². The molecule has 0 spiro atoms. The van der Waals surface area contributed by atoms with Crippen LogP contribution in [0.15, 0.2) is 23.4 Å². The largest absolute Gasteiger partial charge is 0.362 e. The van der Waals surface area contributed by atoms with Gasteiger partial charge >= 0.3 is 0 Å². The number of ether oxygens (including phenoxy) is 1. The maximum absolute atomic E-state index is 12.1. The first-order valence-electron chi connectivity index (χ1n) is 7.21. The van der Waals surface area contributed by atoms with Crippen LogP contribution < -0.4 is 10.6 Å². The van der Waals surface area contributed by atoms with Crippen molar-refractivity contribution in [1.82, 2.24) is 10.6 Å². The van der Waals surface area contributed by atoms with Crippen LogP contribution in [0.4, 0.5) is 0 Å². The minimum atomic E-state index is -0.260. The number of carbonyl (C=O) groups excluding carboxylic acids is 1. The van der Waals surface area contributed by atoms with Crippen molar-refractivity contribution < 1.29 is 9.53 Å². The Morgan fingerprint density at radius 3 is 3.00 bits per heavy atom. The van der Waals surface area contributed by atoms with E-state index in [0.29, 0.717) is 25.8 Å². The molecule has 1 atom stereocenters. The predicted molar refractivity (Wildman–Crippen MR) is 78.5 cm³/mol. The maximum Gasteiger partial charge on any atom is 0.235 e. The summed E-state index contributed by atoms with van der Waals surface area (Å²) in [5, 5.41) is 6.17. The summed E-state index contributed by atoms with van der Waals surface area (Å²) in [6.45, 7) is 5.05. The molecule has 20 heavy (non-hydrogen) atoms. The number of hydrogen-bond acceptors (Lipinski definition) is 3. The minimum Gasteiger partial charge on any atom is -0.362 e. The quantitative estimate of drug-likeness (QED) is 0.440. The summed E-state index contributed by atoms with van der Waals surface area (Å²) >= 11 is 0. The molecule has 1 fully saturated rings. The highest BCUT2D eigenvalue weighted by molar-refractivity contribution is 5.82. The summed E-state index contributed by atoms with van der Waals surface area (Å²) in [7, 11) is 0. The Morgan fingerprint density at radius 2 is 2.30 bits per heavy atom. The van der Waals surface area contributed by atoms with Crippen LogP contribution in [0.3, 0.4) is 0 Å². The SMILES string of the molecule is CCOCNC1=C(C)C=CCC(C(=O)NC2CC2)C#C1. The molecule has 108 valence electrons. The summed E-state index contributed by atoms with van der Waals surface area (Å²) < 4.78 is 5.28. The number of nitrogens with one attached hydrogen (secondary N) is 2. The lowest BCUT2D eigenvalue weighted by atomic mass is 10.0. The molecular formula is C16H22N2O2. The van der Waals surface area contributed by atoms with Gasteiger partial charge in [0.25, 0.3) is 0 Å². The zero-order valence-corrected chi connectivity index (χ0v) is 12.2. The highest BCUT2D eigenvalue weighted by atomic mass is 16.5. The summed E-state index contributed by atoms with van der Waals surface area (Å²) in [5.41, 5.74) is 1.90. The van der Waals surface area contributed by atoms with Gasteiger partial charge in [-0.3, -0.25) is 4.79 Å². The van der Waals surface area contributed by atoms with Crippen molar-refractivity contribution in [2.45, 2.75) is 39.2 Å². The summed E-state index contributed by atoms with van der Waals surface area (Å²) in [6.07, 6.45) is 6.90. The van der Waals surface area contributed by atoms with E-state index in [4.69, 9.17) is 4.74 Å². The van der Waals surface area contributed by atoms with Gasteiger partial charge in [-0.2, -0.15) is 0 Å².